The lowest BCUT2D eigenvalue weighted by molar-refractivity contribution is 0.335. The van der Waals surface area contributed by atoms with Crippen LogP contribution in [-0.2, 0) is 0 Å². The van der Waals surface area contributed by atoms with Crippen molar-refractivity contribution in [1.29, 1.82) is 0 Å². The van der Waals surface area contributed by atoms with Crippen molar-refractivity contribution in [3.63, 3.8) is 0 Å². The van der Waals surface area contributed by atoms with Crippen LogP contribution < -0.4 is 5.32 Å². The van der Waals surface area contributed by atoms with Crippen molar-refractivity contribution in [1.82, 2.24) is 5.32 Å². The van der Waals surface area contributed by atoms with Crippen LogP contribution in [0.3, 0.4) is 0 Å². The fraction of sp³-hybridized carbons (Fsp3) is 0.333. The maximum Gasteiger partial charge on any atom is 0.0612 e. The molecule has 1 fully saturated rings. The summed E-state index contributed by atoms with van der Waals surface area (Å²) in [5, 5.41) is 12.8. The van der Waals surface area contributed by atoms with Gasteiger partial charge in [0.15, 0.2) is 0 Å². The van der Waals surface area contributed by atoms with Crippen LogP contribution in [0.2, 0.25) is 5.02 Å². The van der Waals surface area contributed by atoms with Gasteiger partial charge in [-0.2, -0.15) is 0 Å². The quantitative estimate of drug-likeness (QED) is 0.768. The van der Waals surface area contributed by atoms with E-state index in [-0.39, 0.29) is 6.61 Å². The van der Waals surface area contributed by atoms with Crippen LogP contribution in [0, 0.1) is 0 Å². The number of halogens is 1. The Balaban J connectivity index is 2.05. The molecule has 2 atom stereocenters. The van der Waals surface area contributed by atoms with Crippen LogP contribution in [0.1, 0.15) is 11.5 Å². The number of hydrogen-bond acceptors (Lipinski definition) is 2. The first-order valence-electron chi connectivity index (χ1n) is 5.07. The van der Waals surface area contributed by atoms with E-state index in [4.69, 9.17) is 16.7 Å². The van der Waals surface area contributed by atoms with Crippen LogP contribution >= 0.6 is 11.6 Å². The van der Waals surface area contributed by atoms with E-state index in [0.717, 1.165) is 11.6 Å². The van der Waals surface area contributed by atoms with E-state index in [9.17, 15) is 0 Å². The molecule has 2 nitrogen and oxygen atoms in total. The van der Waals surface area contributed by atoms with Crippen LogP contribution in [-0.4, -0.2) is 24.3 Å². The molecule has 3 heteroatoms. The molecule has 1 aliphatic heterocycles. The van der Waals surface area contributed by atoms with E-state index in [1.165, 1.54) is 5.56 Å². The lowest BCUT2D eigenvalue weighted by atomic mass is 9.85. The summed E-state index contributed by atoms with van der Waals surface area (Å²) in [4.78, 5) is 0. The molecular formula is C12H14ClNO. The molecule has 0 spiro atoms. The predicted octanol–water partition coefficient (Wildman–Crippen LogP) is 1.94. The summed E-state index contributed by atoms with van der Waals surface area (Å²) in [5.74, 6) is 0.505. The van der Waals surface area contributed by atoms with Crippen LogP contribution in [0.15, 0.2) is 36.4 Å². The maximum atomic E-state index is 8.70. The molecule has 0 saturated carbocycles. The lowest BCUT2D eigenvalue weighted by Gasteiger charge is -2.36. The normalized spacial score (nSPS) is 25.5. The Morgan fingerprint density at radius 2 is 2.13 bits per heavy atom. The van der Waals surface area contributed by atoms with Crippen LogP contribution in [0.5, 0.6) is 0 Å². The molecule has 1 saturated heterocycles. The number of aliphatic hydroxyl groups is 1. The third kappa shape index (κ3) is 2.40. The summed E-state index contributed by atoms with van der Waals surface area (Å²) in [7, 11) is 0. The summed E-state index contributed by atoms with van der Waals surface area (Å²) in [6, 6.07) is 8.31. The minimum absolute atomic E-state index is 0.103. The standard InChI is InChI=1S/C12H14ClNO/c13-10-5-3-9(4-6-10)11-8-14-12(11)2-1-7-15/h1-6,11-12,14-15H,7-8H2/b2-1+/t11-,12+/m0/s1. The van der Waals surface area contributed by atoms with Gasteiger partial charge >= 0.3 is 0 Å². The van der Waals surface area contributed by atoms with E-state index < -0.39 is 0 Å². The Morgan fingerprint density at radius 1 is 1.40 bits per heavy atom. The fourth-order valence-electron chi connectivity index (χ4n) is 1.82. The van der Waals surface area contributed by atoms with E-state index in [1.54, 1.807) is 6.08 Å². The summed E-state index contributed by atoms with van der Waals surface area (Å²) >= 11 is 5.83. The van der Waals surface area contributed by atoms with E-state index in [1.807, 2.05) is 18.2 Å². The zero-order valence-electron chi connectivity index (χ0n) is 8.36. The number of nitrogens with one attached hydrogen (secondary N) is 1. The molecule has 80 valence electrons. The topological polar surface area (TPSA) is 32.3 Å². The van der Waals surface area contributed by atoms with Gasteiger partial charge in [0.2, 0.25) is 0 Å². The largest absolute Gasteiger partial charge is 0.392 e. The second kappa shape index (κ2) is 4.79. The molecule has 2 rings (SSSR count). The molecule has 0 unspecified atom stereocenters. The molecule has 0 amide bonds. The van der Waals surface area contributed by atoms with Gasteiger partial charge in [0.25, 0.3) is 0 Å². The van der Waals surface area contributed by atoms with Crippen LogP contribution in [0.25, 0.3) is 0 Å². The Morgan fingerprint density at radius 3 is 2.67 bits per heavy atom. The van der Waals surface area contributed by atoms with Gasteiger partial charge in [-0.1, -0.05) is 35.9 Å². The smallest absolute Gasteiger partial charge is 0.0612 e. The Labute approximate surface area is 94.6 Å². The molecule has 1 aromatic rings. The predicted molar refractivity (Wildman–Crippen MR) is 62.2 cm³/mol. The first kappa shape index (κ1) is 10.7. The highest BCUT2D eigenvalue weighted by molar-refractivity contribution is 6.30. The van der Waals surface area contributed by atoms with Crippen molar-refractivity contribution in [3.8, 4) is 0 Å². The van der Waals surface area contributed by atoms with Gasteiger partial charge in [0, 0.05) is 23.5 Å². The Hall–Kier alpha value is -0.830. The Bertz CT molecular complexity index is 347. The van der Waals surface area contributed by atoms with Crippen molar-refractivity contribution in [2.75, 3.05) is 13.2 Å². The average Bonchev–Trinajstić information content (AvgIpc) is 2.20. The van der Waals surface area contributed by atoms with Gasteiger partial charge in [0.05, 0.1) is 6.61 Å². The number of hydrogen-bond donors (Lipinski definition) is 2. The molecule has 1 aliphatic rings. The molecule has 0 radical (unpaired) electrons. The monoisotopic (exact) mass is 223 g/mol. The fourth-order valence-corrected chi connectivity index (χ4v) is 1.94. The van der Waals surface area contributed by atoms with E-state index in [2.05, 4.69) is 17.4 Å². The molecule has 0 bridgehead atoms. The van der Waals surface area contributed by atoms with Crippen molar-refractivity contribution in [2.24, 2.45) is 0 Å². The number of rotatable bonds is 3. The van der Waals surface area contributed by atoms with Gasteiger partial charge in [-0.25, -0.2) is 0 Å². The van der Waals surface area contributed by atoms with E-state index >= 15 is 0 Å². The lowest BCUT2D eigenvalue weighted by Crippen LogP contribution is -2.49. The summed E-state index contributed by atoms with van der Waals surface area (Å²) < 4.78 is 0. The first-order valence-corrected chi connectivity index (χ1v) is 5.45. The highest BCUT2D eigenvalue weighted by atomic mass is 35.5. The zero-order chi connectivity index (χ0) is 10.7. The van der Waals surface area contributed by atoms with Crippen molar-refractivity contribution >= 4 is 11.6 Å². The Kier molecular flexibility index (Phi) is 3.41. The van der Waals surface area contributed by atoms with Gasteiger partial charge in [-0.05, 0) is 17.7 Å². The van der Waals surface area contributed by atoms with Gasteiger partial charge in [-0.15, -0.1) is 0 Å². The van der Waals surface area contributed by atoms with Gasteiger partial charge < -0.3 is 10.4 Å². The molecule has 1 heterocycles. The highest BCUT2D eigenvalue weighted by Crippen LogP contribution is 2.27. The van der Waals surface area contributed by atoms with Crippen LogP contribution in [0.4, 0.5) is 0 Å². The van der Waals surface area contributed by atoms with E-state index in [0.29, 0.717) is 12.0 Å². The maximum absolute atomic E-state index is 8.70. The average molecular weight is 224 g/mol. The highest BCUT2D eigenvalue weighted by Gasteiger charge is 2.28. The van der Waals surface area contributed by atoms with Crippen molar-refractivity contribution < 1.29 is 5.11 Å². The third-order valence-electron chi connectivity index (χ3n) is 2.75. The molecule has 0 aromatic heterocycles. The van der Waals surface area contributed by atoms with Gasteiger partial charge in [0.1, 0.15) is 0 Å². The number of aliphatic hydroxyl groups excluding tert-OH is 1. The second-order valence-electron chi connectivity index (χ2n) is 3.70. The number of benzene rings is 1. The summed E-state index contributed by atoms with van der Waals surface area (Å²) in [6.07, 6.45) is 3.79. The summed E-state index contributed by atoms with van der Waals surface area (Å²) in [5.41, 5.74) is 1.30. The molecule has 15 heavy (non-hydrogen) atoms. The minimum Gasteiger partial charge on any atom is -0.392 e. The first-order chi connectivity index (χ1) is 7.31. The zero-order valence-corrected chi connectivity index (χ0v) is 9.11. The second-order valence-corrected chi connectivity index (χ2v) is 4.14. The van der Waals surface area contributed by atoms with Crippen molar-refractivity contribution in [3.05, 3.63) is 47.0 Å². The third-order valence-corrected chi connectivity index (χ3v) is 3.01. The van der Waals surface area contributed by atoms with Crippen molar-refractivity contribution in [2.45, 2.75) is 12.0 Å². The minimum atomic E-state index is 0.103. The molecule has 2 N–H and O–H groups in total. The molecule has 1 aromatic carbocycles. The van der Waals surface area contributed by atoms with Gasteiger partial charge in [-0.3, -0.25) is 0 Å². The molecular weight excluding hydrogens is 210 g/mol. The summed E-state index contributed by atoms with van der Waals surface area (Å²) in [6.45, 7) is 1.09. The SMILES string of the molecule is OC/C=C/[C@H]1NC[C@H]1c1ccc(Cl)cc1. The molecule has 0 aliphatic carbocycles.